The van der Waals surface area contributed by atoms with Crippen LogP contribution in [0.5, 0.6) is 0 Å². The molecule has 3 aromatic rings. The van der Waals surface area contributed by atoms with Gasteiger partial charge < -0.3 is 10.6 Å². The summed E-state index contributed by atoms with van der Waals surface area (Å²) < 4.78 is 0. The van der Waals surface area contributed by atoms with Crippen LogP contribution in [0.3, 0.4) is 0 Å². The van der Waals surface area contributed by atoms with Crippen LogP contribution in [0.25, 0.3) is 11.4 Å². The molecule has 0 spiro atoms. The second-order valence-electron chi connectivity index (χ2n) is 6.91. The SMILES string of the molecule is Cc1ccc(CNc2cc(C(=O)NC3CC3)nc(-c3ccccc3)n2)cc1. The topological polar surface area (TPSA) is 66.9 Å². The monoisotopic (exact) mass is 358 g/mol. The van der Waals surface area contributed by atoms with Crippen LogP contribution in [0.1, 0.15) is 34.5 Å². The molecule has 2 N–H and O–H groups in total. The molecule has 136 valence electrons. The Morgan fingerprint density at radius 2 is 1.78 bits per heavy atom. The molecule has 1 fully saturated rings. The molecule has 0 unspecified atom stereocenters. The Morgan fingerprint density at radius 3 is 2.48 bits per heavy atom. The second kappa shape index (κ2) is 7.58. The van der Waals surface area contributed by atoms with Crippen molar-refractivity contribution in [3.63, 3.8) is 0 Å². The van der Waals surface area contributed by atoms with Gasteiger partial charge in [0.05, 0.1) is 0 Å². The quantitative estimate of drug-likeness (QED) is 0.700. The zero-order chi connectivity index (χ0) is 18.6. The fourth-order valence-electron chi connectivity index (χ4n) is 2.76. The van der Waals surface area contributed by atoms with Gasteiger partial charge in [0.25, 0.3) is 5.91 Å². The van der Waals surface area contributed by atoms with Gasteiger partial charge >= 0.3 is 0 Å². The summed E-state index contributed by atoms with van der Waals surface area (Å²) in [6.45, 7) is 2.70. The average Bonchev–Trinajstić information content (AvgIpc) is 3.52. The van der Waals surface area contributed by atoms with Crippen LogP contribution in [0, 0.1) is 6.92 Å². The zero-order valence-electron chi connectivity index (χ0n) is 15.3. The molecule has 5 heteroatoms. The van der Waals surface area contributed by atoms with E-state index >= 15 is 0 Å². The van der Waals surface area contributed by atoms with Crippen LogP contribution in [0.15, 0.2) is 60.7 Å². The van der Waals surface area contributed by atoms with Crippen molar-refractivity contribution in [3.8, 4) is 11.4 Å². The van der Waals surface area contributed by atoms with Crippen molar-refractivity contribution in [2.24, 2.45) is 0 Å². The predicted octanol–water partition coefficient (Wildman–Crippen LogP) is 3.96. The van der Waals surface area contributed by atoms with Gasteiger partial charge in [0.2, 0.25) is 0 Å². The Hall–Kier alpha value is -3.21. The van der Waals surface area contributed by atoms with Gasteiger partial charge in [0, 0.05) is 24.2 Å². The standard InChI is InChI=1S/C22H22N4O/c1-15-7-9-16(10-8-15)14-23-20-13-19(22(27)24-18-11-12-18)25-21(26-20)17-5-3-2-4-6-17/h2-10,13,18H,11-12,14H2,1H3,(H,24,27)(H,23,25,26). The van der Waals surface area contributed by atoms with Crippen molar-refractivity contribution in [3.05, 3.63) is 77.5 Å². The van der Waals surface area contributed by atoms with E-state index in [0.717, 1.165) is 24.0 Å². The largest absolute Gasteiger partial charge is 0.366 e. The summed E-state index contributed by atoms with van der Waals surface area (Å²) >= 11 is 0. The maximum absolute atomic E-state index is 12.5. The lowest BCUT2D eigenvalue weighted by molar-refractivity contribution is 0.0946. The Morgan fingerprint density at radius 1 is 1.04 bits per heavy atom. The van der Waals surface area contributed by atoms with Crippen molar-refractivity contribution < 1.29 is 4.79 Å². The van der Waals surface area contributed by atoms with E-state index in [2.05, 4.69) is 51.8 Å². The first-order chi connectivity index (χ1) is 13.2. The number of aryl methyl sites for hydroxylation is 1. The second-order valence-corrected chi connectivity index (χ2v) is 6.91. The summed E-state index contributed by atoms with van der Waals surface area (Å²) in [7, 11) is 0. The Kier molecular flexibility index (Phi) is 4.83. The van der Waals surface area contributed by atoms with Gasteiger partial charge in [-0.2, -0.15) is 0 Å². The Bertz CT molecular complexity index is 934. The predicted molar refractivity (Wildman–Crippen MR) is 106 cm³/mol. The van der Waals surface area contributed by atoms with E-state index in [9.17, 15) is 4.79 Å². The van der Waals surface area contributed by atoms with Crippen LogP contribution in [0.4, 0.5) is 5.82 Å². The van der Waals surface area contributed by atoms with Crippen LogP contribution >= 0.6 is 0 Å². The summed E-state index contributed by atoms with van der Waals surface area (Å²) in [6, 6.07) is 20.1. The lowest BCUT2D eigenvalue weighted by Crippen LogP contribution is -2.26. The van der Waals surface area contributed by atoms with E-state index < -0.39 is 0 Å². The molecule has 0 saturated heterocycles. The first-order valence-corrected chi connectivity index (χ1v) is 9.22. The number of carbonyl (C=O) groups is 1. The van der Waals surface area contributed by atoms with E-state index in [-0.39, 0.29) is 11.9 Å². The summed E-state index contributed by atoms with van der Waals surface area (Å²) in [6.07, 6.45) is 2.09. The number of anilines is 1. The minimum atomic E-state index is -0.143. The number of amides is 1. The van der Waals surface area contributed by atoms with E-state index in [1.165, 1.54) is 5.56 Å². The van der Waals surface area contributed by atoms with Gasteiger partial charge in [-0.3, -0.25) is 4.79 Å². The lowest BCUT2D eigenvalue weighted by atomic mass is 10.1. The summed E-state index contributed by atoms with van der Waals surface area (Å²) in [5.74, 6) is 1.05. The zero-order valence-corrected chi connectivity index (χ0v) is 15.3. The van der Waals surface area contributed by atoms with Crippen molar-refractivity contribution in [1.82, 2.24) is 15.3 Å². The fourth-order valence-corrected chi connectivity index (χ4v) is 2.76. The van der Waals surface area contributed by atoms with E-state index in [0.29, 0.717) is 23.9 Å². The number of benzene rings is 2. The van der Waals surface area contributed by atoms with Gasteiger partial charge in [-0.05, 0) is 25.3 Å². The highest BCUT2D eigenvalue weighted by Crippen LogP contribution is 2.21. The third-order valence-electron chi connectivity index (χ3n) is 4.50. The minimum Gasteiger partial charge on any atom is -0.366 e. The maximum atomic E-state index is 12.5. The van der Waals surface area contributed by atoms with Crippen LogP contribution in [0.2, 0.25) is 0 Å². The lowest BCUT2D eigenvalue weighted by Gasteiger charge is -2.11. The molecule has 2 aromatic carbocycles. The molecule has 27 heavy (non-hydrogen) atoms. The van der Waals surface area contributed by atoms with E-state index in [1.54, 1.807) is 6.07 Å². The maximum Gasteiger partial charge on any atom is 0.270 e. The molecule has 1 heterocycles. The number of nitrogens with one attached hydrogen (secondary N) is 2. The minimum absolute atomic E-state index is 0.143. The molecule has 1 aliphatic carbocycles. The molecule has 5 nitrogen and oxygen atoms in total. The molecule has 0 aliphatic heterocycles. The van der Waals surface area contributed by atoms with Crippen LogP contribution < -0.4 is 10.6 Å². The fraction of sp³-hybridized carbons (Fsp3) is 0.227. The molecule has 1 saturated carbocycles. The molecular formula is C22H22N4O. The summed E-state index contributed by atoms with van der Waals surface area (Å²) in [5.41, 5.74) is 3.66. The third-order valence-corrected chi connectivity index (χ3v) is 4.50. The van der Waals surface area contributed by atoms with Crippen molar-refractivity contribution in [2.45, 2.75) is 32.4 Å². The molecule has 0 radical (unpaired) electrons. The van der Waals surface area contributed by atoms with Gasteiger partial charge in [0.15, 0.2) is 5.82 Å². The van der Waals surface area contributed by atoms with Crippen LogP contribution in [-0.2, 0) is 6.54 Å². The molecule has 0 bridgehead atoms. The third kappa shape index (κ3) is 4.50. The highest BCUT2D eigenvalue weighted by Gasteiger charge is 2.25. The van der Waals surface area contributed by atoms with E-state index in [4.69, 9.17) is 0 Å². The Labute approximate surface area is 158 Å². The molecule has 0 atom stereocenters. The van der Waals surface area contributed by atoms with E-state index in [1.807, 2.05) is 30.3 Å². The normalized spacial score (nSPS) is 13.2. The van der Waals surface area contributed by atoms with Crippen molar-refractivity contribution >= 4 is 11.7 Å². The summed E-state index contributed by atoms with van der Waals surface area (Å²) in [5, 5.41) is 6.32. The highest BCUT2D eigenvalue weighted by atomic mass is 16.2. The molecule has 1 aromatic heterocycles. The molecule has 1 amide bonds. The van der Waals surface area contributed by atoms with Gasteiger partial charge in [0.1, 0.15) is 11.5 Å². The van der Waals surface area contributed by atoms with Gasteiger partial charge in [-0.15, -0.1) is 0 Å². The smallest absolute Gasteiger partial charge is 0.270 e. The average molecular weight is 358 g/mol. The van der Waals surface area contributed by atoms with Crippen molar-refractivity contribution in [1.29, 1.82) is 0 Å². The molecular weight excluding hydrogens is 336 g/mol. The highest BCUT2D eigenvalue weighted by molar-refractivity contribution is 5.93. The Balaban J connectivity index is 1.60. The molecule has 1 aliphatic rings. The number of hydrogen-bond acceptors (Lipinski definition) is 4. The van der Waals surface area contributed by atoms with Gasteiger partial charge in [-0.25, -0.2) is 9.97 Å². The van der Waals surface area contributed by atoms with Crippen LogP contribution in [-0.4, -0.2) is 21.9 Å². The first-order valence-electron chi connectivity index (χ1n) is 9.22. The first kappa shape index (κ1) is 17.2. The number of nitrogens with zero attached hydrogens (tertiary/aromatic N) is 2. The van der Waals surface area contributed by atoms with Crippen molar-refractivity contribution in [2.75, 3.05) is 5.32 Å². The number of aromatic nitrogens is 2. The number of carbonyl (C=O) groups excluding carboxylic acids is 1. The number of rotatable bonds is 6. The summed E-state index contributed by atoms with van der Waals surface area (Å²) in [4.78, 5) is 21.6. The van der Waals surface area contributed by atoms with Gasteiger partial charge in [-0.1, -0.05) is 60.2 Å². The number of hydrogen-bond donors (Lipinski definition) is 2. The molecule has 4 rings (SSSR count).